The summed E-state index contributed by atoms with van der Waals surface area (Å²) in [7, 11) is 1.58. The first-order chi connectivity index (χ1) is 11.0. The van der Waals surface area contributed by atoms with Crippen molar-refractivity contribution >= 4 is 23.2 Å². The number of hydrogen-bond donors (Lipinski definition) is 3. The Kier molecular flexibility index (Phi) is 5.36. The second kappa shape index (κ2) is 7.45. The number of nitrogens with one attached hydrogen (secondary N) is 3. The highest BCUT2D eigenvalue weighted by Gasteiger charge is 2.05. The van der Waals surface area contributed by atoms with Gasteiger partial charge in [-0.15, -0.1) is 0 Å². The van der Waals surface area contributed by atoms with Gasteiger partial charge < -0.3 is 16.0 Å². The summed E-state index contributed by atoms with van der Waals surface area (Å²) in [5.74, 6) is -0.295. The molecule has 2 aromatic rings. The highest BCUT2D eigenvalue weighted by atomic mass is 16.2. The predicted molar refractivity (Wildman–Crippen MR) is 92.9 cm³/mol. The number of benzene rings is 2. The largest absolute Gasteiger partial charge is 0.376 e. The van der Waals surface area contributed by atoms with Gasteiger partial charge >= 0.3 is 0 Å². The summed E-state index contributed by atoms with van der Waals surface area (Å²) in [5, 5.41) is 8.45. The Morgan fingerprint density at radius 1 is 0.913 bits per heavy atom. The van der Waals surface area contributed by atoms with Gasteiger partial charge in [0, 0.05) is 24.0 Å². The minimum absolute atomic E-state index is 0.142. The molecular formula is C18H21N3O2. The first-order valence-corrected chi connectivity index (χ1v) is 7.42. The lowest BCUT2D eigenvalue weighted by Crippen LogP contribution is -2.22. The second-order valence-corrected chi connectivity index (χ2v) is 5.43. The van der Waals surface area contributed by atoms with Crippen LogP contribution in [-0.2, 0) is 4.79 Å². The molecule has 5 nitrogen and oxygen atoms in total. The molecule has 2 aromatic carbocycles. The van der Waals surface area contributed by atoms with Gasteiger partial charge in [-0.1, -0.05) is 6.07 Å². The molecule has 2 rings (SSSR count). The maximum Gasteiger partial charge on any atom is 0.251 e. The van der Waals surface area contributed by atoms with Crippen LogP contribution in [-0.4, -0.2) is 25.4 Å². The molecule has 0 aliphatic rings. The predicted octanol–water partition coefficient (Wildman–Crippen LogP) is 2.71. The standard InChI is InChI=1S/C18H21N3O2/c1-12-8-13(2)10-16(9-12)20-11-17(22)21-15-6-4-14(5-7-15)18(23)19-3/h4-10,20H,11H2,1-3H3,(H,19,23)(H,21,22). The van der Waals surface area contributed by atoms with E-state index in [9.17, 15) is 9.59 Å². The Bertz CT molecular complexity index is 688. The van der Waals surface area contributed by atoms with Crippen molar-refractivity contribution in [3.05, 3.63) is 59.2 Å². The Hall–Kier alpha value is -2.82. The topological polar surface area (TPSA) is 70.2 Å². The van der Waals surface area contributed by atoms with Crippen molar-refractivity contribution in [1.29, 1.82) is 0 Å². The zero-order valence-electron chi connectivity index (χ0n) is 13.6. The van der Waals surface area contributed by atoms with Gasteiger partial charge in [-0.25, -0.2) is 0 Å². The fourth-order valence-corrected chi connectivity index (χ4v) is 2.31. The summed E-state index contributed by atoms with van der Waals surface area (Å²) in [4.78, 5) is 23.4. The van der Waals surface area contributed by atoms with Gasteiger partial charge in [0.05, 0.1) is 6.54 Å². The third kappa shape index (κ3) is 4.85. The molecule has 0 saturated carbocycles. The van der Waals surface area contributed by atoms with E-state index in [1.165, 1.54) is 0 Å². The number of aryl methyl sites for hydroxylation is 2. The van der Waals surface area contributed by atoms with Crippen LogP contribution in [0.25, 0.3) is 0 Å². The van der Waals surface area contributed by atoms with Crippen LogP contribution in [0.15, 0.2) is 42.5 Å². The summed E-state index contributed by atoms with van der Waals surface area (Å²) in [6.07, 6.45) is 0. The molecule has 5 heteroatoms. The van der Waals surface area contributed by atoms with Crippen LogP contribution in [0.1, 0.15) is 21.5 Å². The fourth-order valence-electron chi connectivity index (χ4n) is 2.31. The van der Waals surface area contributed by atoms with E-state index in [1.54, 1.807) is 31.3 Å². The van der Waals surface area contributed by atoms with E-state index in [2.05, 4.69) is 22.0 Å². The van der Waals surface area contributed by atoms with Crippen molar-refractivity contribution in [2.24, 2.45) is 0 Å². The zero-order valence-corrected chi connectivity index (χ0v) is 13.6. The molecule has 2 amide bonds. The van der Waals surface area contributed by atoms with E-state index in [0.29, 0.717) is 11.3 Å². The van der Waals surface area contributed by atoms with Crippen LogP contribution in [0.5, 0.6) is 0 Å². The van der Waals surface area contributed by atoms with Crippen molar-refractivity contribution in [3.8, 4) is 0 Å². The van der Waals surface area contributed by atoms with Crippen molar-refractivity contribution in [2.75, 3.05) is 24.2 Å². The van der Waals surface area contributed by atoms with Crippen LogP contribution >= 0.6 is 0 Å². The van der Waals surface area contributed by atoms with E-state index < -0.39 is 0 Å². The van der Waals surface area contributed by atoms with Gasteiger partial charge in [-0.2, -0.15) is 0 Å². The van der Waals surface area contributed by atoms with Crippen LogP contribution in [0.3, 0.4) is 0 Å². The van der Waals surface area contributed by atoms with E-state index in [4.69, 9.17) is 0 Å². The zero-order chi connectivity index (χ0) is 16.8. The quantitative estimate of drug-likeness (QED) is 0.795. The lowest BCUT2D eigenvalue weighted by Gasteiger charge is -2.10. The monoisotopic (exact) mass is 311 g/mol. The highest BCUT2D eigenvalue weighted by molar-refractivity contribution is 5.96. The van der Waals surface area contributed by atoms with Crippen molar-refractivity contribution in [1.82, 2.24) is 5.32 Å². The second-order valence-electron chi connectivity index (χ2n) is 5.43. The lowest BCUT2D eigenvalue weighted by molar-refractivity contribution is -0.114. The van der Waals surface area contributed by atoms with E-state index >= 15 is 0 Å². The lowest BCUT2D eigenvalue weighted by atomic mass is 10.1. The average Bonchev–Trinajstić information content (AvgIpc) is 2.52. The third-order valence-corrected chi connectivity index (χ3v) is 3.33. The van der Waals surface area contributed by atoms with Crippen LogP contribution in [0.2, 0.25) is 0 Å². The van der Waals surface area contributed by atoms with Crippen LogP contribution in [0.4, 0.5) is 11.4 Å². The summed E-state index contributed by atoms with van der Waals surface area (Å²) >= 11 is 0. The summed E-state index contributed by atoms with van der Waals surface area (Å²) in [5.41, 5.74) is 4.44. The number of carbonyl (C=O) groups excluding carboxylic acids is 2. The van der Waals surface area contributed by atoms with Crippen LogP contribution < -0.4 is 16.0 Å². The summed E-state index contributed by atoms with van der Waals surface area (Å²) in [6, 6.07) is 12.8. The Morgan fingerprint density at radius 2 is 1.52 bits per heavy atom. The van der Waals surface area contributed by atoms with Gasteiger partial charge in [0.1, 0.15) is 0 Å². The van der Waals surface area contributed by atoms with Gasteiger partial charge in [0.2, 0.25) is 5.91 Å². The minimum Gasteiger partial charge on any atom is -0.376 e. The highest BCUT2D eigenvalue weighted by Crippen LogP contribution is 2.14. The fraction of sp³-hybridized carbons (Fsp3) is 0.222. The molecule has 0 fully saturated rings. The molecule has 0 aliphatic heterocycles. The molecule has 0 radical (unpaired) electrons. The molecule has 120 valence electrons. The number of rotatable bonds is 5. The molecule has 0 saturated heterocycles. The number of hydrogen-bond acceptors (Lipinski definition) is 3. The molecule has 0 aromatic heterocycles. The van der Waals surface area contributed by atoms with Gasteiger partial charge in [0.25, 0.3) is 5.91 Å². The number of anilines is 2. The normalized spacial score (nSPS) is 10.0. The van der Waals surface area contributed by atoms with Crippen LogP contribution in [0, 0.1) is 13.8 Å². The Labute approximate surface area is 136 Å². The molecule has 3 N–H and O–H groups in total. The smallest absolute Gasteiger partial charge is 0.251 e. The molecule has 0 spiro atoms. The van der Waals surface area contributed by atoms with E-state index in [0.717, 1.165) is 16.8 Å². The Morgan fingerprint density at radius 3 is 2.09 bits per heavy atom. The van der Waals surface area contributed by atoms with Crippen molar-refractivity contribution < 1.29 is 9.59 Å². The molecule has 0 heterocycles. The molecule has 0 bridgehead atoms. The maximum atomic E-state index is 12.0. The van der Waals surface area contributed by atoms with E-state index in [1.807, 2.05) is 26.0 Å². The molecule has 0 atom stereocenters. The number of amides is 2. The first-order valence-electron chi connectivity index (χ1n) is 7.42. The molecule has 0 unspecified atom stereocenters. The van der Waals surface area contributed by atoms with Gasteiger partial charge in [0.15, 0.2) is 0 Å². The van der Waals surface area contributed by atoms with Crippen molar-refractivity contribution in [3.63, 3.8) is 0 Å². The molecule has 23 heavy (non-hydrogen) atoms. The Balaban J connectivity index is 1.90. The summed E-state index contributed by atoms with van der Waals surface area (Å²) < 4.78 is 0. The first kappa shape index (κ1) is 16.5. The maximum absolute atomic E-state index is 12.0. The van der Waals surface area contributed by atoms with Gasteiger partial charge in [-0.3, -0.25) is 9.59 Å². The SMILES string of the molecule is CNC(=O)c1ccc(NC(=O)CNc2cc(C)cc(C)c2)cc1. The van der Waals surface area contributed by atoms with Gasteiger partial charge in [-0.05, 0) is 61.4 Å². The summed E-state index contributed by atoms with van der Waals surface area (Å²) in [6.45, 7) is 4.22. The van der Waals surface area contributed by atoms with Crippen molar-refractivity contribution in [2.45, 2.75) is 13.8 Å². The molecular weight excluding hydrogens is 290 g/mol. The number of carbonyl (C=O) groups is 2. The minimum atomic E-state index is -0.153. The average molecular weight is 311 g/mol. The van der Waals surface area contributed by atoms with E-state index in [-0.39, 0.29) is 18.4 Å². The molecule has 0 aliphatic carbocycles. The third-order valence-electron chi connectivity index (χ3n) is 3.33.